The summed E-state index contributed by atoms with van der Waals surface area (Å²) >= 11 is 0. The smallest absolute Gasteiger partial charge is 0.158 e. The third kappa shape index (κ3) is 2.68. The monoisotopic (exact) mass is 513 g/mol. The van der Waals surface area contributed by atoms with E-state index in [1.54, 1.807) is 0 Å². The minimum atomic E-state index is -0.340. The molecule has 6 aromatic rings. The van der Waals surface area contributed by atoms with Crippen molar-refractivity contribution in [2.24, 2.45) is 5.92 Å². The number of anilines is 2. The standard InChI is InChI=1S/C38H27NO/c1-23-20-21-35-28(22-23)26-13-8-19-34(37(26)40-35)39-33-18-9-17-32-36(33)27-12-4-7-16-31(27)38(32)29-14-5-2-10-24(29)25-11-3-6-15-30(25)38/h2-21,23,39H,22H2,1H3. The Hall–Kier alpha value is -4.82. The lowest BCUT2D eigenvalue weighted by atomic mass is 9.70. The molecule has 0 amide bonds. The summed E-state index contributed by atoms with van der Waals surface area (Å²) < 4.78 is 6.47. The Morgan fingerprint density at radius 2 is 1.25 bits per heavy atom. The van der Waals surface area contributed by atoms with Crippen molar-refractivity contribution >= 4 is 28.4 Å². The predicted octanol–water partition coefficient (Wildman–Crippen LogP) is 9.73. The molecular weight excluding hydrogens is 486 g/mol. The first-order valence-corrected chi connectivity index (χ1v) is 14.2. The topological polar surface area (TPSA) is 25.2 Å². The van der Waals surface area contributed by atoms with Gasteiger partial charge in [-0.15, -0.1) is 0 Å². The number of rotatable bonds is 2. The number of furan rings is 1. The van der Waals surface area contributed by atoms with Crippen LogP contribution in [-0.4, -0.2) is 0 Å². The summed E-state index contributed by atoms with van der Waals surface area (Å²) in [7, 11) is 0. The fourth-order valence-electron chi connectivity index (χ4n) is 7.67. The molecule has 3 aliphatic rings. The van der Waals surface area contributed by atoms with Gasteiger partial charge in [0.1, 0.15) is 5.76 Å². The lowest BCUT2D eigenvalue weighted by Gasteiger charge is -2.30. The van der Waals surface area contributed by atoms with Gasteiger partial charge in [0.25, 0.3) is 0 Å². The molecule has 9 rings (SSSR count). The highest BCUT2D eigenvalue weighted by Crippen LogP contribution is 2.63. The molecule has 1 heterocycles. The fourth-order valence-corrected chi connectivity index (χ4v) is 7.67. The fraction of sp³-hybridized carbons (Fsp3) is 0.105. The van der Waals surface area contributed by atoms with E-state index < -0.39 is 0 Å². The van der Waals surface area contributed by atoms with Crippen molar-refractivity contribution in [1.29, 1.82) is 0 Å². The van der Waals surface area contributed by atoms with Crippen LogP contribution in [0.3, 0.4) is 0 Å². The Bertz CT molecular complexity index is 2000. The third-order valence-corrected chi connectivity index (χ3v) is 9.24. The molecule has 0 bridgehead atoms. The number of para-hydroxylation sites is 1. The normalized spacial score (nSPS) is 16.9. The van der Waals surface area contributed by atoms with Crippen molar-refractivity contribution in [1.82, 2.24) is 0 Å². The van der Waals surface area contributed by atoms with Gasteiger partial charge in [0.05, 0.1) is 11.1 Å². The first-order valence-electron chi connectivity index (χ1n) is 14.2. The van der Waals surface area contributed by atoms with Crippen LogP contribution in [0.5, 0.6) is 0 Å². The quantitative estimate of drug-likeness (QED) is 0.249. The highest BCUT2D eigenvalue weighted by Gasteiger charge is 2.51. The van der Waals surface area contributed by atoms with Gasteiger partial charge in [-0.25, -0.2) is 0 Å². The summed E-state index contributed by atoms with van der Waals surface area (Å²) in [6, 6.07) is 40.1. The van der Waals surface area contributed by atoms with Crippen LogP contribution in [0.15, 0.2) is 120 Å². The van der Waals surface area contributed by atoms with Crippen molar-refractivity contribution in [2.75, 3.05) is 5.32 Å². The van der Waals surface area contributed by atoms with Crippen LogP contribution in [0.25, 0.3) is 39.3 Å². The van der Waals surface area contributed by atoms with E-state index in [-0.39, 0.29) is 5.41 Å². The molecule has 190 valence electrons. The van der Waals surface area contributed by atoms with E-state index in [1.807, 2.05) is 0 Å². The third-order valence-electron chi connectivity index (χ3n) is 9.24. The molecule has 2 heteroatoms. The van der Waals surface area contributed by atoms with Crippen LogP contribution < -0.4 is 5.32 Å². The Kier molecular flexibility index (Phi) is 4.33. The van der Waals surface area contributed by atoms with Crippen LogP contribution in [0.2, 0.25) is 0 Å². The molecule has 1 aromatic heterocycles. The molecule has 0 aliphatic heterocycles. The van der Waals surface area contributed by atoms with Gasteiger partial charge in [-0.2, -0.15) is 0 Å². The Morgan fingerprint density at radius 3 is 2.00 bits per heavy atom. The summed E-state index contributed by atoms with van der Waals surface area (Å²) in [5, 5.41) is 5.05. The second kappa shape index (κ2) is 7.86. The zero-order chi connectivity index (χ0) is 26.4. The Labute approximate surface area is 233 Å². The molecule has 0 radical (unpaired) electrons. The second-order valence-corrected chi connectivity index (χ2v) is 11.4. The predicted molar refractivity (Wildman–Crippen MR) is 164 cm³/mol. The summed E-state index contributed by atoms with van der Waals surface area (Å²) in [6.07, 6.45) is 5.40. The average Bonchev–Trinajstić information content (AvgIpc) is 3.62. The minimum Gasteiger partial charge on any atom is -0.454 e. The van der Waals surface area contributed by atoms with Crippen molar-refractivity contribution in [2.45, 2.75) is 18.8 Å². The van der Waals surface area contributed by atoms with Gasteiger partial charge in [-0.1, -0.05) is 110 Å². The lowest BCUT2D eigenvalue weighted by molar-refractivity contribution is 0.585. The van der Waals surface area contributed by atoms with Gasteiger partial charge in [0.2, 0.25) is 0 Å². The molecule has 0 saturated carbocycles. The number of allylic oxidation sites excluding steroid dienone is 1. The molecule has 0 fully saturated rings. The van der Waals surface area contributed by atoms with E-state index in [0.717, 1.165) is 29.1 Å². The van der Waals surface area contributed by atoms with Crippen LogP contribution in [-0.2, 0) is 11.8 Å². The van der Waals surface area contributed by atoms with E-state index in [9.17, 15) is 0 Å². The first kappa shape index (κ1) is 22.0. The van der Waals surface area contributed by atoms with Gasteiger partial charge in [-0.05, 0) is 69.5 Å². The van der Waals surface area contributed by atoms with Crippen LogP contribution in [0.1, 0.15) is 40.5 Å². The average molecular weight is 514 g/mol. The minimum absolute atomic E-state index is 0.340. The molecule has 1 spiro atoms. The van der Waals surface area contributed by atoms with Crippen molar-refractivity contribution < 1.29 is 4.42 Å². The van der Waals surface area contributed by atoms with Crippen LogP contribution in [0, 0.1) is 5.92 Å². The molecule has 40 heavy (non-hydrogen) atoms. The van der Waals surface area contributed by atoms with Crippen LogP contribution in [0.4, 0.5) is 11.4 Å². The zero-order valence-corrected chi connectivity index (χ0v) is 22.2. The van der Waals surface area contributed by atoms with Gasteiger partial charge in [0, 0.05) is 22.2 Å². The highest BCUT2D eigenvalue weighted by atomic mass is 16.3. The Balaban J connectivity index is 1.29. The van der Waals surface area contributed by atoms with Gasteiger partial charge < -0.3 is 9.73 Å². The van der Waals surface area contributed by atoms with Crippen molar-refractivity contribution in [3.8, 4) is 22.3 Å². The largest absolute Gasteiger partial charge is 0.454 e. The van der Waals surface area contributed by atoms with E-state index in [4.69, 9.17) is 4.42 Å². The highest BCUT2D eigenvalue weighted by molar-refractivity contribution is 6.01. The summed E-state index contributed by atoms with van der Waals surface area (Å²) in [5.41, 5.74) is 14.6. The number of fused-ring (bicyclic) bond motifs is 13. The molecule has 0 saturated heterocycles. The number of benzene rings is 5. The van der Waals surface area contributed by atoms with E-state index >= 15 is 0 Å². The molecule has 1 atom stereocenters. The van der Waals surface area contributed by atoms with Gasteiger partial charge in [-0.3, -0.25) is 0 Å². The number of nitrogens with one attached hydrogen (secondary N) is 1. The lowest BCUT2D eigenvalue weighted by Crippen LogP contribution is -2.25. The zero-order valence-electron chi connectivity index (χ0n) is 22.2. The first-order chi connectivity index (χ1) is 19.7. The van der Waals surface area contributed by atoms with Gasteiger partial charge in [0.15, 0.2) is 5.58 Å². The van der Waals surface area contributed by atoms with E-state index in [0.29, 0.717) is 5.92 Å². The van der Waals surface area contributed by atoms with Gasteiger partial charge >= 0.3 is 0 Å². The second-order valence-electron chi connectivity index (χ2n) is 11.4. The van der Waals surface area contributed by atoms with E-state index in [2.05, 4.69) is 134 Å². The molecule has 1 N–H and O–H groups in total. The maximum atomic E-state index is 6.47. The maximum Gasteiger partial charge on any atom is 0.158 e. The summed E-state index contributed by atoms with van der Waals surface area (Å²) in [6.45, 7) is 2.26. The van der Waals surface area contributed by atoms with E-state index in [1.165, 1.54) is 55.5 Å². The molecule has 2 nitrogen and oxygen atoms in total. The molecule has 3 aliphatic carbocycles. The number of hydrogen-bond donors (Lipinski definition) is 1. The SMILES string of the molecule is CC1C=Cc2oc3c(Nc4cccc5c4-c4ccccc4C54c5ccccc5-c5ccccc54)cccc3c2C1. The summed E-state index contributed by atoms with van der Waals surface area (Å²) in [5.74, 6) is 1.51. The summed E-state index contributed by atoms with van der Waals surface area (Å²) in [4.78, 5) is 0. The molecular formula is C38H27NO. The molecule has 1 unspecified atom stereocenters. The van der Waals surface area contributed by atoms with Crippen LogP contribution >= 0.6 is 0 Å². The molecule has 5 aromatic carbocycles. The maximum absolute atomic E-state index is 6.47. The Morgan fingerprint density at radius 1 is 0.650 bits per heavy atom. The number of hydrogen-bond acceptors (Lipinski definition) is 2. The van der Waals surface area contributed by atoms with Crippen molar-refractivity contribution in [3.63, 3.8) is 0 Å². The van der Waals surface area contributed by atoms with Crippen molar-refractivity contribution in [3.05, 3.63) is 149 Å².